The van der Waals surface area contributed by atoms with E-state index >= 15 is 0 Å². The number of benzene rings is 1. The Morgan fingerprint density at radius 2 is 2.14 bits per heavy atom. The molecule has 1 aromatic carbocycles. The van der Waals surface area contributed by atoms with Crippen LogP contribution >= 0.6 is 0 Å². The highest BCUT2D eigenvalue weighted by Crippen LogP contribution is 2.31. The Morgan fingerprint density at radius 1 is 1.23 bits per heavy atom. The van der Waals surface area contributed by atoms with Crippen LogP contribution in [0, 0.1) is 0 Å². The normalized spacial score (nSPS) is 18.0. The fourth-order valence-corrected chi connectivity index (χ4v) is 2.68. The lowest BCUT2D eigenvalue weighted by Crippen LogP contribution is -1.99. The zero-order valence-corrected chi connectivity index (χ0v) is 12.2. The summed E-state index contributed by atoms with van der Waals surface area (Å²) < 4.78 is 16.1. The first-order valence-electron chi connectivity index (χ1n) is 7.20. The number of hydrogen-bond acceptors (Lipinski definition) is 6. The van der Waals surface area contributed by atoms with E-state index in [2.05, 4.69) is 15.1 Å². The molecule has 1 unspecified atom stereocenters. The summed E-state index contributed by atoms with van der Waals surface area (Å²) in [6.07, 6.45) is 0.930. The Hall–Kier alpha value is -2.47. The van der Waals surface area contributed by atoms with Gasteiger partial charge >= 0.3 is 0 Å². The number of rotatable bonds is 3. The third kappa shape index (κ3) is 2.21. The minimum atomic E-state index is 0.215. The standard InChI is InChI=1S/C16H15N3O3/c1-20-14-8-12(11-4-2-3-5-13(11)17-14)16-18-15(19-22-16)10-6-7-21-9-10/h2-5,8,10H,6-7,9H2,1H3. The predicted octanol–water partition coefficient (Wildman–Crippen LogP) is 2.80. The number of methoxy groups -OCH3 is 1. The SMILES string of the molecule is COc1cc(-c2nc(C3CCOC3)no2)c2ccccc2n1. The van der Waals surface area contributed by atoms with Gasteiger partial charge in [0, 0.05) is 24.0 Å². The summed E-state index contributed by atoms with van der Waals surface area (Å²) in [5, 5.41) is 5.07. The number of pyridine rings is 1. The Bertz CT molecular complexity index is 809. The topological polar surface area (TPSA) is 70.3 Å². The van der Waals surface area contributed by atoms with Crippen LogP contribution in [0.5, 0.6) is 5.88 Å². The van der Waals surface area contributed by atoms with Gasteiger partial charge in [0.1, 0.15) is 0 Å². The molecule has 1 atom stereocenters. The third-order valence-corrected chi connectivity index (χ3v) is 3.87. The predicted molar refractivity (Wildman–Crippen MR) is 79.8 cm³/mol. The van der Waals surface area contributed by atoms with Gasteiger partial charge in [-0.1, -0.05) is 23.4 Å². The summed E-state index contributed by atoms with van der Waals surface area (Å²) in [4.78, 5) is 8.98. The molecule has 3 heterocycles. The number of aromatic nitrogens is 3. The second kappa shape index (κ2) is 5.38. The molecule has 22 heavy (non-hydrogen) atoms. The molecule has 0 bridgehead atoms. The van der Waals surface area contributed by atoms with Crippen molar-refractivity contribution >= 4 is 10.9 Å². The molecular weight excluding hydrogens is 282 g/mol. The molecule has 6 nitrogen and oxygen atoms in total. The second-order valence-corrected chi connectivity index (χ2v) is 5.25. The van der Waals surface area contributed by atoms with Gasteiger partial charge in [-0.2, -0.15) is 4.98 Å². The summed E-state index contributed by atoms with van der Waals surface area (Å²) in [5.74, 6) is 1.93. The van der Waals surface area contributed by atoms with Crippen LogP contribution in [0.1, 0.15) is 18.2 Å². The average Bonchev–Trinajstić information content (AvgIpc) is 3.24. The van der Waals surface area contributed by atoms with Gasteiger partial charge < -0.3 is 14.0 Å². The molecule has 4 rings (SSSR count). The van der Waals surface area contributed by atoms with E-state index in [-0.39, 0.29) is 5.92 Å². The monoisotopic (exact) mass is 297 g/mol. The maximum absolute atomic E-state index is 5.47. The fourth-order valence-electron chi connectivity index (χ4n) is 2.68. The average molecular weight is 297 g/mol. The minimum Gasteiger partial charge on any atom is -0.481 e. The molecule has 1 fully saturated rings. The number of para-hydroxylation sites is 1. The molecule has 0 aliphatic carbocycles. The van der Waals surface area contributed by atoms with E-state index in [4.69, 9.17) is 14.0 Å². The Labute approximate surface area is 127 Å². The van der Waals surface area contributed by atoms with Gasteiger partial charge in [-0.15, -0.1) is 0 Å². The fraction of sp³-hybridized carbons (Fsp3) is 0.312. The molecule has 1 aliphatic rings. The van der Waals surface area contributed by atoms with E-state index in [1.807, 2.05) is 30.3 Å². The van der Waals surface area contributed by atoms with Crippen molar-refractivity contribution in [2.75, 3.05) is 20.3 Å². The Balaban J connectivity index is 1.82. The van der Waals surface area contributed by atoms with Crippen LogP contribution in [0.25, 0.3) is 22.4 Å². The maximum atomic E-state index is 5.47. The van der Waals surface area contributed by atoms with Crippen molar-refractivity contribution in [3.8, 4) is 17.3 Å². The summed E-state index contributed by atoms with van der Waals surface area (Å²) >= 11 is 0. The molecular formula is C16H15N3O3. The number of fused-ring (bicyclic) bond motifs is 1. The van der Waals surface area contributed by atoms with Crippen molar-refractivity contribution in [2.45, 2.75) is 12.3 Å². The molecule has 0 N–H and O–H groups in total. The lowest BCUT2D eigenvalue weighted by atomic mass is 10.1. The van der Waals surface area contributed by atoms with Gasteiger partial charge in [0.25, 0.3) is 5.89 Å². The smallest absolute Gasteiger partial charge is 0.258 e. The van der Waals surface area contributed by atoms with Crippen LogP contribution in [0.3, 0.4) is 0 Å². The summed E-state index contributed by atoms with van der Waals surface area (Å²) in [6, 6.07) is 9.64. The van der Waals surface area contributed by atoms with Gasteiger partial charge in [0.15, 0.2) is 5.82 Å². The van der Waals surface area contributed by atoms with Crippen molar-refractivity contribution in [3.05, 3.63) is 36.2 Å². The van der Waals surface area contributed by atoms with Crippen LogP contribution in [0.2, 0.25) is 0 Å². The molecule has 1 aliphatic heterocycles. The molecule has 0 radical (unpaired) electrons. The van der Waals surface area contributed by atoms with E-state index in [0.717, 1.165) is 29.5 Å². The highest BCUT2D eigenvalue weighted by Gasteiger charge is 2.24. The first-order valence-corrected chi connectivity index (χ1v) is 7.20. The molecule has 112 valence electrons. The zero-order valence-electron chi connectivity index (χ0n) is 12.2. The molecule has 0 amide bonds. The van der Waals surface area contributed by atoms with Gasteiger partial charge in [0.2, 0.25) is 5.88 Å². The number of ether oxygens (including phenoxy) is 2. The van der Waals surface area contributed by atoms with Gasteiger partial charge in [0.05, 0.1) is 24.8 Å². The zero-order chi connectivity index (χ0) is 14.9. The largest absolute Gasteiger partial charge is 0.481 e. The third-order valence-electron chi connectivity index (χ3n) is 3.87. The molecule has 3 aromatic rings. The van der Waals surface area contributed by atoms with E-state index in [0.29, 0.717) is 24.2 Å². The lowest BCUT2D eigenvalue weighted by molar-refractivity contribution is 0.192. The van der Waals surface area contributed by atoms with E-state index in [1.165, 1.54) is 0 Å². The summed E-state index contributed by atoms with van der Waals surface area (Å²) in [6.45, 7) is 1.40. The minimum absolute atomic E-state index is 0.215. The van der Waals surface area contributed by atoms with E-state index in [1.54, 1.807) is 7.11 Å². The van der Waals surface area contributed by atoms with Crippen molar-refractivity contribution in [1.82, 2.24) is 15.1 Å². The van der Waals surface area contributed by atoms with Crippen LogP contribution in [0.15, 0.2) is 34.9 Å². The summed E-state index contributed by atoms with van der Waals surface area (Å²) in [5.41, 5.74) is 1.67. The van der Waals surface area contributed by atoms with Crippen LogP contribution in [0.4, 0.5) is 0 Å². The first-order chi connectivity index (χ1) is 10.8. The van der Waals surface area contributed by atoms with Gasteiger partial charge in [-0.25, -0.2) is 4.98 Å². The quantitative estimate of drug-likeness (QED) is 0.740. The number of nitrogens with zero attached hydrogens (tertiary/aromatic N) is 3. The molecule has 0 spiro atoms. The highest BCUT2D eigenvalue weighted by atomic mass is 16.5. The van der Waals surface area contributed by atoms with Gasteiger partial charge in [-0.05, 0) is 12.5 Å². The highest BCUT2D eigenvalue weighted by molar-refractivity contribution is 5.92. The van der Waals surface area contributed by atoms with E-state index in [9.17, 15) is 0 Å². The molecule has 1 saturated heterocycles. The Morgan fingerprint density at radius 3 is 2.95 bits per heavy atom. The summed E-state index contributed by atoms with van der Waals surface area (Å²) in [7, 11) is 1.59. The lowest BCUT2D eigenvalue weighted by Gasteiger charge is -2.05. The van der Waals surface area contributed by atoms with Crippen LogP contribution < -0.4 is 4.74 Å². The van der Waals surface area contributed by atoms with Crippen molar-refractivity contribution < 1.29 is 14.0 Å². The van der Waals surface area contributed by atoms with E-state index < -0.39 is 0 Å². The van der Waals surface area contributed by atoms with Crippen LogP contribution in [-0.2, 0) is 4.74 Å². The van der Waals surface area contributed by atoms with Crippen molar-refractivity contribution in [1.29, 1.82) is 0 Å². The van der Waals surface area contributed by atoms with Crippen LogP contribution in [-0.4, -0.2) is 35.4 Å². The Kier molecular flexibility index (Phi) is 3.23. The molecule has 2 aromatic heterocycles. The molecule has 6 heteroatoms. The number of hydrogen-bond donors (Lipinski definition) is 0. The second-order valence-electron chi connectivity index (χ2n) is 5.25. The molecule has 0 saturated carbocycles. The maximum Gasteiger partial charge on any atom is 0.258 e. The first kappa shape index (κ1) is 13.2. The van der Waals surface area contributed by atoms with Crippen molar-refractivity contribution in [3.63, 3.8) is 0 Å². The van der Waals surface area contributed by atoms with Gasteiger partial charge in [-0.3, -0.25) is 0 Å². The van der Waals surface area contributed by atoms with Crippen molar-refractivity contribution in [2.24, 2.45) is 0 Å².